The molecule has 0 unspecified atom stereocenters. The Bertz CT molecular complexity index is 893. The number of likely N-dealkylation sites (N-methyl/N-ethyl adjacent to an activating group) is 1. The van der Waals surface area contributed by atoms with E-state index in [9.17, 15) is 9.59 Å². The molecule has 1 aliphatic rings. The first-order valence-corrected chi connectivity index (χ1v) is 9.16. The summed E-state index contributed by atoms with van der Waals surface area (Å²) in [7, 11) is 1.76. The number of aromatic nitrogens is 1. The van der Waals surface area contributed by atoms with Gasteiger partial charge in [-0.2, -0.15) is 0 Å². The second-order valence-corrected chi connectivity index (χ2v) is 7.07. The zero-order valence-corrected chi connectivity index (χ0v) is 15.7. The average molecular weight is 372 g/mol. The Morgan fingerprint density at radius 1 is 1.27 bits per heavy atom. The van der Waals surface area contributed by atoms with Gasteiger partial charge in [-0.25, -0.2) is 0 Å². The normalized spacial score (nSPS) is 19.5. The van der Waals surface area contributed by atoms with Gasteiger partial charge in [-0.3, -0.25) is 9.59 Å². The van der Waals surface area contributed by atoms with Crippen molar-refractivity contribution in [3.63, 3.8) is 0 Å². The summed E-state index contributed by atoms with van der Waals surface area (Å²) in [5.41, 5.74) is 1.36. The van der Waals surface area contributed by atoms with Crippen molar-refractivity contribution >= 4 is 34.3 Å². The second-order valence-electron chi connectivity index (χ2n) is 6.64. The predicted molar refractivity (Wildman–Crippen MR) is 103 cm³/mol. The summed E-state index contributed by atoms with van der Waals surface area (Å²) < 4.78 is 0. The van der Waals surface area contributed by atoms with Gasteiger partial charge in [0.1, 0.15) is 5.69 Å². The first kappa shape index (κ1) is 18.3. The van der Waals surface area contributed by atoms with Crippen molar-refractivity contribution in [1.29, 1.82) is 0 Å². The van der Waals surface area contributed by atoms with E-state index in [2.05, 4.69) is 22.1 Å². The van der Waals surface area contributed by atoms with Crippen LogP contribution in [-0.4, -0.2) is 40.8 Å². The molecular formula is C20H22ClN3O2. The third-order valence-corrected chi connectivity index (χ3v) is 5.16. The van der Waals surface area contributed by atoms with E-state index in [1.807, 2.05) is 12.1 Å². The number of nitrogens with zero attached hydrogens (tertiary/aromatic N) is 1. The highest BCUT2D eigenvalue weighted by Gasteiger charge is 2.31. The van der Waals surface area contributed by atoms with Crippen molar-refractivity contribution in [1.82, 2.24) is 15.2 Å². The summed E-state index contributed by atoms with van der Waals surface area (Å²) in [5, 5.41) is 4.62. The van der Waals surface area contributed by atoms with Crippen LogP contribution in [0.4, 0.5) is 0 Å². The quantitative estimate of drug-likeness (QED) is 0.812. The molecular weight excluding hydrogens is 350 g/mol. The Labute approximate surface area is 158 Å². The zero-order valence-electron chi connectivity index (χ0n) is 14.9. The molecule has 3 rings (SSSR count). The molecule has 2 atom stereocenters. The predicted octanol–water partition coefficient (Wildman–Crippen LogP) is 3.34. The average Bonchev–Trinajstić information content (AvgIpc) is 3.05. The number of hydrogen-bond donors (Lipinski definition) is 2. The van der Waals surface area contributed by atoms with Crippen molar-refractivity contribution in [2.24, 2.45) is 0 Å². The third kappa shape index (κ3) is 3.86. The first-order valence-electron chi connectivity index (χ1n) is 8.78. The molecule has 0 radical (unpaired) electrons. The van der Waals surface area contributed by atoms with Crippen molar-refractivity contribution in [2.75, 3.05) is 7.05 Å². The Morgan fingerprint density at radius 3 is 2.81 bits per heavy atom. The zero-order chi connectivity index (χ0) is 18.7. The van der Waals surface area contributed by atoms with Gasteiger partial charge in [0.05, 0.1) is 6.04 Å². The Balaban J connectivity index is 1.76. The number of carbonyl (C=O) groups is 2. The Hall–Kier alpha value is -2.45. The third-order valence-electron chi connectivity index (χ3n) is 4.92. The SMILES string of the molecule is CC#CC(=O)N(C)[C@@H]1CCCC[C@@H]1NC(=O)c1cc2cc(Cl)ccc2[nH]1. The smallest absolute Gasteiger partial charge is 0.298 e. The molecule has 1 fully saturated rings. The van der Waals surface area contributed by atoms with Crippen LogP contribution in [0.5, 0.6) is 0 Å². The lowest BCUT2D eigenvalue weighted by molar-refractivity contribution is -0.126. The van der Waals surface area contributed by atoms with Crippen molar-refractivity contribution in [2.45, 2.75) is 44.7 Å². The van der Waals surface area contributed by atoms with Gasteiger partial charge in [-0.15, -0.1) is 0 Å². The van der Waals surface area contributed by atoms with E-state index in [0.29, 0.717) is 10.7 Å². The van der Waals surface area contributed by atoms with Gasteiger partial charge in [0.25, 0.3) is 11.8 Å². The van der Waals surface area contributed by atoms with Crippen molar-refractivity contribution < 1.29 is 9.59 Å². The van der Waals surface area contributed by atoms with Gasteiger partial charge in [0, 0.05) is 29.0 Å². The van der Waals surface area contributed by atoms with Crippen LogP contribution >= 0.6 is 11.6 Å². The van der Waals surface area contributed by atoms with E-state index in [-0.39, 0.29) is 23.9 Å². The molecule has 0 aliphatic heterocycles. The van der Waals surface area contributed by atoms with E-state index < -0.39 is 0 Å². The minimum Gasteiger partial charge on any atom is -0.351 e. The number of fused-ring (bicyclic) bond motifs is 1. The summed E-state index contributed by atoms with van der Waals surface area (Å²) >= 11 is 6.01. The van der Waals surface area contributed by atoms with Crippen LogP contribution in [0.25, 0.3) is 10.9 Å². The van der Waals surface area contributed by atoms with Crippen LogP contribution in [0.3, 0.4) is 0 Å². The molecule has 2 N–H and O–H groups in total. The van der Waals surface area contributed by atoms with E-state index >= 15 is 0 Å². The minimum absolute atomic E-state index is 0.0418. The lowest BCUT2D eigenvalue weighted by Gasteiger charge is -2.37. The fourth-order valence-corrected chi connectivity index (χ4v) is 3.74. The number of carbonyl (C=O) groups excluding carboxylic acids is 2. The number of halogens is 1. The standard InChI is InChI=1S/C20H22ClN3O2/c1-3-6-19(25)24(2)18-8-5-4-7-16(18)23-20(26)17-12-13-11-14(21)9-10-15(13)22-17/h9-12,16,18,22H,4-5,7-8H2,1-2H3,(H,23,26)/t16-,18+/m0/s1. The van der Waals surface area contributed by atoms with E-state index in [0.717, 1.165) is 36.6 Å². The van der Waals surface area contributed by atoms with Crippen LogP contribution < -0.4 is 5.32 Å². The number of aromatic amines is 1. The van der Waals surface area contributed by atoms with Gasteiger partial charge in [-0.05, 0) is 50.0 Å². The highest BCUT2D eigenvalue weighted by Crippen LogP contribution is 2.24. The van der Waals surface area contributed by atoms with Gasteiger partial charge >= 0.3 is 0 Å². The van der Waals surface area contributed by atoms with E-state index in [1.165, 1.54) is 0 Å². The monoisotopic (exact) mass is 371 g/mol. The number of rotatable bonds is 3. The fraction of sp³-hybridized carbons (Fsp3) is 0.400. The summed E-state index contributed by atoms with van der Waals surface area (Å²) in [4.78, 5) is 29.6. The van der Waals surface area contributed by atoms with Crippen LogP contribution in [0, 0.1) is 11.8 Å². The lowest BCUT2D eigenvalue weighted by Crippen LogP contribution is -2.53. The van der Waals surface area contributed by atoms with Gasteiger partial charge in [0.15, 0.2) is 0 Å². The summed E-state index contributed by atoms with van der Waals surface area (Å²) in [6.45, 7) is 1.65. The highest BCUT2D eigenvalue weighted by molar-refractivity contribution is 6.31. The highest BCUT2D eigenvalue weighted by atomic mass is 35.5. The molecule has 26 heavy (non-hydrogen) atoms. The molecule has 5 nitrogen and oxygen atoms in total. The lowest BCUT2D eigenvalue weighted by atomic mass is 9.89. The molecule has 1 aromatic carbocycles. The molecule has 136 valence electrons. The van der Waals surface area contributed by atoms with Crippen molar-refractivity contribution in [3.05, 3.63) is 35.0 Å². The van der Waals surface area contributed by atoms with Crippen molar-refractivity contribution in [3.8, 4) is 11.8 Å². The topological polar surface area (TPSA) is 65.2 Å². The van der Waals surface area contributed by atoms with E-state index in [1.54, 1.807) is 31.0 Å². The maximum atomic E-state index is 12.7. The molecule has 0 bridgehead atoms. The summed E-state index contributed by atoms with van der Waals surface area (Å²) in [5.74, 6) is 4.84. The van der Waals surface area contributed by atoms with E-state index in [4.69, 9.17) is 11.6 Å². The molecule has 1 aliphatic carbocycles. The molecule has 1 saturated carbocycles. The number of amides is 2. The number of hydrogen-bond acceptors (Lipinski definition) is 2. The molecule has 2 amide bonds. The fourth-order valence-electron chi connectivity index (χ4n) is 3.56. The van der Waals surface area contributed by atoms with Crippen LogP contribution in [0.1, 0.15) is 43.1 Å². The van der Waals surface area contributed by atoms with Crippen LogP contribution in [-0.2, 0) is 4.79 Å². The van der Waals surface area contributed by atoms with Crippen LogP contribution in [0.15, 0.2) is 24.3 Å². The van der Waals surface area contributed by atoms with Gasteiger partial charge in [0.2, 0.25) is 0 Å². The number of H-pyrrole nitrogens is 1. The molecule has 0 spiro atoms. The van der Waals surface area contributed by atoms with Crippen LogP contribution in [0.2, 0.25) is 5.02 Å². The van der Waals surface area contributed by atoms with Gasteiger partial charge in [-0.1, -0.05) is 30.4 Å². The number of benzene rings is 1. The molecule has 1 heterocycles. The maximum Gasteiger partial charge on any atom is 0.298 e. The minimum atomic E-state index is -0.209. The summed E-state index contributed by atoms with van der Waals surface area (Å²) in [6, 6.07) is 7.14. The molecule has 6 heteroatoms. The molecule has 2 aromatic rings. The number of nitrogens with one attached hydrogen (secondary N) is 2. The molecule has 0 saturated heterocycles. The largest absolute Gasteiger partial charge is 0.351 e. The second kappa shape index (κ2) is 7.84. The summed E-state index contributed by atoms with van der Waals surface area (Å²) in [6.07, 6.45) is 3.78. The first-order chi connectivity index (χ1) is 12.5. The maximum absolute atomic E-state index is 12.7. The molecule has 1 aromatic heterocycles. The van der Waals surface area contributed by atoms with Gasteiger partial charge < -0.3 is 15.2 Å². The Kier molecular flexibility index (Phi) is 5.53. The Morgan fingerprint density at radius 2 is 2.04 bits per heavy atom.